The van der Waals surface area contributed by atoms with Crippen molar-refractivity contribution in [2.75, 3.05) is 16.8 Å². The first kappa shape index (κ1) is 23.4. The smallest absolute Gasteiger partial charge is 0.308 e. The maximum absolute atomic E-state index is 13.8. The summed E-state index contributed by atoms with van der Waals surface area (Å²) in [7, 11) is 0. The summed E-state index contributed by atoms with van der Waals surface area (Å²) in [5, 5.41) is 5.38. The third-order valence-electron chi connectivity index (χ3n) is 6.57. The number of nitrogens with zero attached hydrogens (tertiary/aromatic N) is 3. The van der Waals surface area contributed by atoms with Crippen molar-refractivity contribution in [2.24, 2.45) is 10.9 Å². The lowest BCUT2D eigenvalue weighted by Gasteiger charge is -2.26. The number of fused-ring (bicyclic) bond motifs is 1. The van der Waals surface area contributed by atoms with E-state index in [4.69, 9.17) is 4.99 Å². The van der Waals surface area contributed by atoms with Crippen LogP contribution in [0, 0.1) is 5.92 Å². The SMILES string of the molecule is O=C(Nc1cccnc1)N[C@@H]1N=C(c2ccccc2)c2ccccc2N(CC(=O)C2CCCC2)C1=O. The molecule has 1 aliphatic carbocycles. The van der Waals surface area contributed by atoms with Gasteiger partial charge in [0.05, 0.1) is 29.8 Å². The van der Waals surface area contributed by atoms with E-state index in [1.807, 2.05) is 54.6 Å². The highest BCUT2D eigenvalue weighted by atomic mass is 16.2. The number of ketones is 1. The molecule has 1 aliphatic heterocycles. The number of hydrogen-bond acceptors (Lipinski definition) is 5. The predicted octanol–water partition coefficient (Wildman–Crippen LogP) is 4.17. The van der Waals surface area contributed by atoms with Crippen LogP contribution in [0.4, 0.5) is 16.2 Å². The lowest BCUT2D eigenvalue weighted by Crippen LogP contribution is -2.50. The standard InChI is InChI=1S/C28H27N5O3/c34-24(19-9-4-5-10-19)18-33-23-15-7-6-14-22(23)25(20-11-2-1-3-12-20)31-26(27(33)35)32-28(36)30-21-13-8-16-29-17-21/h1-3,6-8,11-17,19,26H,4-5,9-10,18H2,(H2,30,32,36)/t26-/m0/s1. The average Bonchev–Trinajstić information content (AvgIpc) is 3.42. The molecule has 182 valence electrons. The van der Waals surface area contributed by atoms with Crippen LogP contribution in [0.15, 0.2) is 84.1 Å². The Morgan fingerprint density at radius 2 is 1.69 bits per heavy atom. The van der Waals surface area contributed by atoms with Gasteiger partial charge in [0, 0.05) is 23.2 Å². The highest BCUT2D eigenvalue weighted by Gasteiger charge is 2.35. The lowest BCUT2D eigenvalue weighted by atomic mass is 9.99. The summed E-state index contributed by atoms with van der Waals surface area (Å²) in [5.41, 5.74) is 3.20. The van der Waals surface area contributed by atoms with Crippen molar-refractivity contribution >= 4 is 34.8 Å². The van der Waals surface area contributed by atoms with Crippen LogP contribution in [0.1, 0.15) is 36.8 Å². The van der Waals surface area contributed by atoms with Gasteiger partial charge in [0.15, 0.2) is 5.78 Å². The van der Waals surface area contributed by atoms with E-state index in [0.717, 1.165) is 36.8 Å². The number of aliphatic imine (C=N–C) groups is 1. The Hall–Kier alpha value is -4.33. The Bertz CT molecular complexity index is 1290. The zero-order valence-corrected chi connectivity index (χ0v) is 19.8. The van der Waals surface area contributed by atoms with E-state index in [2.05, 4.69) is 15.6 Å². The minimum absolute atomic E-state index is 0.0389. The van der Waals surface area contributed by atoms with Crippen LogP contribution >= 0.6 is 0 Å². The number of hydrogen-bond donors (Lipinski definition) is 2. The second kappa shape index (κ2) is 10.5. The van der Waals surface area contributed by atoms with Gasteiger partial charge in [-0.2, -0.15) is 0 Å². The normalized spacial score (nSPS) is 17.7. The molecule has 8 heteroatoms. The van der Waals surface area contributed by atoms with Gasteiger partial charge in [-0.15, -0.1) is 0 Å². The molecule has 0 unspecified atom stereocenters. The summed E-state index contributed by atoms with van der Waals surface area (Å²) in [6, 6.07) is 19.7. The van der Waals surface area contributed by atoms with E-state index in [0.29, 0.717) is 17.1 Å². The summed E-state index contributed by atoms with van der Waals surface area (Å²) in [4.78, 5) is 50.0. The van der Waals surface area contributed by atoms with Gasteiger partial charge in [0.1, 0.15) is 0 Å². The lowest BCUT2D eigenvalue weighted by molar-refractivity contribution is -0.125. The second-order valence-corrected chi connectivity index (χ2v) is 8.98. The van der Waals surface area contributed by atoms with Gasteiger partial charge in [-0.3, -0.25) is 14.6 Å². The van der Waals surface area contributed by atoms with Gasteiger partial charge >= 0.3 is 6.03 Å². The number of amides is 3. The molecule has 0 saturated heterocycles. The Morgan fingerprint density at radius 3 is 2.44 bits per heavy atom. The van der Waals surface area contributed by atoms with E-state index >= 15 is 0 Å². The maximum Gasteiger partial charge on any atom is 0.321 e. The average molecular weight is 482 g/mol. The number of pyridine rings is 1. The molecular weight excluding hydrogens is 454 g/mol. The molecule has 2 N–H and O–H groups in total. The van der Waals surface area contributed by atoms with E-state index in [1.165, 1.54) is 11.1 Å². The fourth-order valence-corrected chi connectivity index (χ4v) is 4.77. The molecule has 1 aromatic heterocycles. The molecule has 2 heterocycles. The molecule has 8 nitrogen and oxygen atoms in total. The Morgan fingerprint density at radius 1 is 0.944 bits per heavy atom. The van der Waals surface area contributed by atoms with Crippen molar-refractivity contribution in [3.05, 3.63) is 90.3 Å². The molecule has 3 amide bonds. The number of carbonyl (C=O) groups is 3. The molecular formula is C28H27N5O3. The first-order valence-corrected chi connectivity index (χ1v) is 12.1. The third-order valence-corrected chi connectivity index (χ3v) is 6.57. The Kier molecular flexibility index (Phi) is 6.84. The zero-order valence-electron chi connectivity index (χ0n) is 19.8. The Labute approximate surface area is 209 Å². The molecule has 2 aromatic carbocycles. The summed E-state index contributed by atoms with van der Waals surface area (Å²) < 4.78 is 0. The largest absolute Gasteiger partial charge is 0.321 e. The number of benzodiazepines with no additional fused rings is 1. The van der Waals surface area contributed by atoms with Crippen LogP contribution in [0.25, 0.3) is 0 Å². The van der Waals surface area contributed by atoms with Crippen molar-refractivity contribution < 1.29 is 14.4 Å². The minimum Gasteiger partial charge on any atom is -0.308 e. The molecule has 36 heavy (non-hydrogen) atoms. The van der Waals surface area contributed by atoms with Crippen LogP contribution < -0.4 is 15.5 Å². The van der Waals surface area contributed by atoms with Gasteiger partial charge in [-0.1, -0.05) is 61.4 Å². The summed E-state index contributed by atoms with van der Waals surface area (Å²) in [6.07, 6.45) is 5.65. The highest BCUT2D eigenvalue weighted by molar-refractivity contribution is 6.21. The summed E-state index contributed by atoms with van der Waals surface area (Å²) in [5.74, 6) is -0.457. The second-order valence-electron chi connectivity index (χ2n) is 8.98. The van der Waals surface area contributed by atoms with Gasteiger partial charge in [0.25, 0.3) is 5.91 Å². The zero-order chi connectivity index (χ0) is 24.9. The number of carbonyl (C=O) groups excluding carboxylic acids is 3. The van der Waals surface area contributed by atoms with Crippen molar-refractivity contribution in [3.63, 3.8) is 0 Å². The monoisotopic (exact) mass is 481 g/mol. The molecule has 1 fully saturated rings. The maximum atomic E-state index is 13.8. The van der Waals surface area contributed by atoms with Crippen LogP contribution in [-0.4, -0.2) is 41.1 Å². The molecule has 0 radical (unpaired) electrons. The minimum atomic E-state index is -1.22. The number of Topliss-reactive ketones (excluding diaryl/α,β-unsaturated/α-hetero) is 1. The van der Waals surface area contributed by atoms with Gasteiger partial charge in [0.2, 0.25) is 6.17 Å². The van der Waals surface area contributed by atoms with E-state index in [1.54, 1.807) is 18.3 Å². The Balaban J connectivity index is 1.52. The number of para-hydroxylation sites is 1. The summed E-state index contributed by atoms with van der Waals surface area (Å²) >= 11 is 0. The molecule has 0 bridgehead atoms. The fraction of sp³-hybridized carbons (Fsp3) is 0.250. The molecule has 2 aliphatic rings. The van der Waals surface area contributed by atoms with Crippen molar-refractivity contribution in [1.82, 2.24) is 10.3 Å². The first-order valence-electron chi connectivity index (χ1n) is 12.1. The van der Waals surface area contributed by atoms with Gasteiger partial charge in [-0.05, 0) is 31.0 Å². The van der Waals surface area contributed by atoms with Crippen LogP contribution in [0.3, 0.4) is 0 Å². The molecule has 5 rings (SSSR count). The molecule has 3 aromatic rings. The number of aromatic nitrogens is 1. The van der Waals surface area contributed by atoms with E-state index in [9.17, 15) is 14.4 Å². The third kappa shape index (κ3) is 5.02. The molecule has 0 spiro atoms. The first-order chi connectivity index (χ1) is 17.6. The van der Waals surface area contributed by atoms with Gasteiger partial charge in [-0.25, -0.2) is 9.79 Å². The van der Waals surface area contributed by atoms with Crippen molar-refractivity contribution in [3.8, 4) is 0 Å². The van der Waals surface area contributed by atoms with E-state index in [-0.39, 0.29) is 18.2 Å². The number of benzene rings is 2. The number of nitrogens with one attached hydrogen (secondary N) is 2. The summed E-state index contributed by atoms with van der Waals surface area (Å²) in [6.45, 7) is -0.0551. The van der Waals surface area contributed by atoms with Gasteiger partial charge < -0.3 is 15.5 Å². The fourth-order valence-electron chi connectivity index (χ4n) is 4.77. The quantitative estimate of drug-likeness (QED) is 0.551. The van der Waals surface area contributed by atoms with Crippen molar-refractivity contribution in [1.29, 1.82) is 0 Å². The topological polar surface area (TPSA) is 104 Å². The number of rotatable bonds is 6. The highest BCUT2D eigenvalue weighted by Crippen LogP contribution is 2.30. The van der Waals surface area contributed by atoms with Crippen LogP contribution in [0.2, 0.25) is 0 Å². The van der Waals surface area contributed by atoms with Crippen LogP contribution in [-0.2, 0) is 9.59 Å². The number of urea groups is 1. The molecule has 1 atom stereocenters. The number of anilines is 2. The van der Waals surface area contributed by atoms with Crippen LogP contribution in [0.5, 0.6) is 0 Å². The van der Waals surface area contributed by atoms with E-state index < -0.39 is 18.1 Å². The molecule has 1 saturated carbocycles. The van der Waals surface area contributed by atoms with Crippen molar-refractivity contribution in [2.45, 2.75) is 31.8 Å². The predicted molar refractivity (Wildman–Crippen MR) is 138 cm³/mol.